The van der Waals surface area contributed by atoms with Gasteiger partial charge >= 0.3 is 67.8 Å². The summed E-state index contributed by atoms with van der Waals surface area (Å²) >= 11 is 0. The molecule has 0 unspecified atom stereocenters. The van der Waals surface area contributed by atoms with Crippen molar-refractivity contribution in [1.82, 2.24) is 0 Å². The summed E-state index contributed by atoms with van der Waals surface area (Å²) in [5, 5.41) is 0. The Morgan fingerprint density at radius 1 is 0.467 bits per heavy atom. The van der Waals surface area contributed by atoms with Crippen molar-refractivity contribution >= 4 is 0 Å². The Balaban J connectivity index is -0.0000000345. The maximum atomic E-state index is 7.50. The van der Waals surface area contributed by atoms with Crippen molar-refractivity contribution in [3.63, 3.8) is 0 Å². The Bertz CT molecular complexity index is 299. The van der Waals surface area contributed by atoms with Gasteiger partial charge in [-0.15, -0.1) is 0 Å². The van der Waals surface area contributed by atoms with Gasteiger partial charge in [-0.25, -0.2) is 0 Å². The van der Waals surface area contributed by atoms with Gasteiger partial charge in [0.2, 0.25) is 0 Å². The van der Waals surface area contributed by atoms with E-state index in [1.807, 2.05) is 0 Å². The van der Waals surface area contributed by atoms with Crippen LogP contribution >= 0.6 is 0 Å². The van der Waals surface area contributed by atoms with E-state index < -0.39 is 0 Å². The second-order valence-corrected chi connectivity index (χ2v) is 5.88. The molecule has 2 aliphatic carbocycles. The van der Waals surface area contributed by atoms with Crippen LogP contribution in [0, 0.1) is 51.7 Å². The molecule has 6 nitrogen and oxygen atoms in total. The third-order valence-corrected chi connectivity index (χ3v) is 4.34. The van der Waals surface area contributed by atoms with Crippen LogP contribution < -0.4 is 0 Å². The van der Waals surface area contributed by atoms with E-state index in [9.17, 15) is 0 Å². The monoisotopic (exact) mass is 588 g/mol. The molecule has 8 heteroatoms. The molecule has 0 aromatic carbocycles. The van der Waals surface area contributed by atoms with Crippen molar-refractivity contribution in [2.75, 3.05) is 0 Å². The second-order valence-electron chi connectivity index (χ2n) is 5.88. The van der Waals surface area contributed by atoms with Crippen molar-refractivity contribution in [2.45, 2.75) is 90.9 Å². The van der Waals surface area contributed by atoms with Crippen molar-refractivity contribution < 1.29 is 70.0 Å². The maximum Gasteiger partial charge on any atom is 0 e. The molecule has 0 spiro atoms. The maximum absolute atomic E-state index is 7.50. The molecule has 0 aromatic heterocycles. The third kappa shape index (κ3) is 50.9. The Kier molecular flexibility index (Phi) is 122. The first-order chi connectivity index (χ1) is 13.9. The SMILES string of the molecule is CCCC1CCCC1.CCCC1CCCC1.[C-]#[O+].[C-]#[O+].[C-]#[O+].[C-]#[O+].[C-]#[O+].[C-]#[O+].[Mo].[Mo]. The van der Waals surface area contributed by atoms with Crippen LogP contribution in [0.25, 0.3) is 0 Å². The molecule has 2 rings (SSSR count). The zero-order valence-electron chi connectivity index (χ0n) is 17.9. The summed E-state index contributed by atoms with van der Waals surface area (Å²) in [6.07, 6.45) is 17.9. The van der Waals surface area contributed by atoms with Gasteiger partial charge in [0.1, 0.15) is 0 Å². The van der Waals surface area contributed by atoms with E-state index in [2.05, 4.69) is 53.7 Å². The molecule has 2 fully saturated rings. The van der Waals surface area contributed by atoms with Gasteiger partial charge in [-0.2, -0.15) is 0 Å². The molecular formula is C22H32Mo2O6. The van der Waals surface area contributed by atoms with Crippen molar-refractivity contribution in [3.8, 4) is 0 Å². The zero-order valence-corrected chi connectivity index (χ0v) is 21.9. The van der Waals surface area contributed by atoms with Gasteiger partial charge in [0.25, 0.3) is 0 Å². The zero-order chi connectivity index (χ0) is 23.6. The molecule has 0 aliphatic heterocycles. The largest absolute Gasteiger partial charge is 0 e. The molecule has 0 radical (unpaired) electrons. The van der Waals surface area contributed by atoms with E-state index >= 15 is 0 Å². The van der Waals surface area contributed by atoms with E-state index in [0.717, 1.165) is 11.8 Å². The van der Waals surface area contributed by atoms with Crippen LogP contribution in [0.2, 0.25) is 0 Å². The first kappa shape index (κ1) is 52.0. The van der Waals surface area contributed by atoms with E-state index in [0.29, 0.717) is 0 Å². The number of rotatable bonds is 4. The normalized spacial score (nSPS) is 12.2. The van der Waals surface area contributed by atoms with E-state index in [4.69, 9.17) is 27.9 Å². The Morgan fingerprint density at radius 3 is 0.767 bits per heavy atom. The predicted molar refractivity (Wildman–Crippen MR) is 97.3 cm³/mol. The molecule has 2 aliphatic rings. The standard InChI is InChI=1S/2C8H16.6CO.2Mo/c2*1-2-5-8-6-3-4-7-8;6*1-2;;/h2*8H,2-7H2,1H3;;;;;;;;. The first-order valence-corrected chi connectivity index (χ1v) is 9.09. The third-order valence-electron chi connectivity index (χ3n) is 4.34. The smallest absolute Gasteiger partial charge is 0 e. The quantitative estimate of drug-likeness (QED) is 0.228. The summed E-state index contributed by atoms with van der Waals surface area (Å²) in [5.74, 6) is 2.22. The van der Waals surface area contributed by atoms with E-state index in [1.165, 1.54) is 77.0 Å². The van der Waals surface area contributed by atoms with Gasteiger partial charge in [0, 0.05) is 42.1 Å². The van der Waals surface area contributed by atoms with E-state index in [1.54, 1.807) is 0 Å². The van der Waals surface area contributed by atoms with Crippen LogP contribution in [-0.4, -0.2) is 0 Å². The fourth-order valence-corrected chi connectivity index (χ4v) is 3.41. The molecule has 0 amide bonds. The average molecular weight is 584 g/mol. The first-order valence-electron chi connectivity index (χ1n) is 9.09. The molecule has 0 aromatic rings. The molecule has 0 heterocycles. The summed E-state index contributed by atoms with van der Waals surface area (Å²) in [7, 11) is 0. The molecule has 0 N–H and O–H groups in total. The molecule has 30 heavy (non-hydrogen) atoms. The van der Waals surface area contributed by atoms with Crippen molar-refractivity contribution in [1.29, 1.82) is 0 Å². The second kappa shape index (κ2) is 70.2. The Morgan fingerprint density at radius 2 is 0.633 bits per heavy atom. The molecule has 168 valence electrons. The van der Waals surface area contributed by atoms with Crippen LogP contribution in [0.4, 0.5) is 0 Å². The molecule has 0 saturated heterocycles. The van der Waals surface area contributed by atoms with Gasteiger partial charge in [0.15, 0.2) is 0 Å². The van der Waals surface area contributed by atoms with Crippen LogP contribution in [0.1, 0.15) is 90.9 Å². The van der Waals surface area contributed by atoms with Crippen LogP contribution in [-0.2, 0) is 70.0 Å². The van der Waals surface area contributed by atoms with Gasteiger partial charge < -0.3 is 0 Å². The molecule has 2 saturated carbocycles. The fraction of sp³-hybridized carbons (Fsp3) is 0.727. The Hall–Kier alpha value is -0.183. The van der Waals surface area contributed by atoms with Crippen LogP contribution in [0.5, 0.6) is 0 Å². The van der Waals surface area contributed by atoms with Crippen LogP contribution in [0.3, 0.4) is 0 Å². The Labute approximate surface area is 211 Å². The minimum Gasteiger partial charge on any atom is 0 e. The predicted octanol–water partition coefficient (Wildman–Crippen LogP) is 5.72. The van der Waals surface area contributed by atoms with E-state index in [-0.39, 0.29) is 42.1 Å². The van der Waals surface area contributed by atoms with Crippen molar-refractivity contribution in [3.05, 3.63) is 39.9 Å². The van der Waals surface area contributed by atoms with Gasteiger partial charge in [0.05, 0.1) is 0 Å². The van der Waals surface area contributed by atoms with Crippen molar-refractivity contribution in [2.24, 2.45) is 11.8 Å². The number of hydrogen-bond acceptors (Lipinski definition) is 0. The number of hydrogen-bond donors (Lipinski definition) is 0. The molecule has 0 bridgehead atoms. The van der Waals surface area contributed by atoms with Crippen LogP contribution in [0.15, 0.2) is 0 Å². The summed E-state index contributed by atoms with van der Waals surface area (Å²) in [6, 6.07) is 0. The molecular weight excluding hydrogens is 552 g/mol. The minimum atomic E-state index is 0. The summed E-state index contributed by atoms with van der Waals surface area (Å²) in [6.45, 7) is 31.6. The van der Waals surface area contributed by atoms with Gasteiger partial charge in [-0.3, -0.25) is 0 Å². The fourth-order valence-electron chi connectivity index (χ4n) is 3.41. The summed E-state index contributed by atoms with van der Waals surface area (Å²) in [5.41, 5.74) is 0. The minimum absolute atomic E-state index is 0. The summed E-state index contributed by atoms with van der Waals surface area (Å²) < 4.78 is 45.0. The summed E-state index contributed by atoms with van der Waals surface area (Å²) in [4.78, 5) is 0. The van der Waals surface area contributed by atoms with Gasteiger partial charge in [-0.05, 0) is 11.8 Å². The van der Waals surface area contributed by atoms with Gasteiger partial charge in [-0.1, -0.05) is 90.9 Å². The average Bonchev–Trinajstić information content (AvgIpc) is 3.52. The molecule has 0 atom stereocenters. The topological polar surface area (TPSA) is 119 Å².